The summed E-state index contributed by atoms with van der Waals surface area (Å²) in [6.45, 7) is 3.69. The van der Waals surface area contributed by atoms with Crippen molar-refractivity contribution in [3.05, 3.63) is 91.9 Å². The van der Waals surface area contributed by atoms with Crippen molar-refractivity contribution in [1.82, 2.24) is 5.32 Å². The molecule has 176 valence electrons. The van der Waals surface area contributed by atoms with Crippen LogP contribution in [0.1, 0.15) is 34.0 Å². The van der Waals surface area contributed by atoms with E-state index in [1.165, 1.54) is 0 Å². The summed E-state index contributed by atoms with van der Waals surface area (Å²) >= 11 is 18.7. The molecular weight excluding hydrogens is 508 g/mol. The van der Waals surface area contributed by atoms with E-state index >= 15 is 0 Å². The smallest absolute Gasteiger partial charge is 0.335 e. The Morgan fingerprint density at radius 3 is 2.24 bits per heavy atom. The zero-order valence-electron chi connectivity index (χ0n) is 17.7. The third-order valence-electron chi connectivity index (χ3n) is 4.62. The number of hydrogen-bond donors (Lipinski definition) is 2. The van der Waals surface area contributed by atoms with Crippen LogP contribution in [0.3, 0.4) is 0 Å². The number of hydrogen-bond acceptors (Lipinski definition) is 4. The molecule has 33 heavy (non-hydrogen) atoms. The van der Waals surface area contributed by atoms with Crippen molar-refractivity contribution in [2.24, 2.45) is 0 Å². The minimum atomic E-state index is -0.941. The van der Waals surface area contributed by atoms with Crippen LogP contribution in [-0.4, -0.2) is 17.7 Å². The van der Waals surface area contributed by atoms with Crippen LogP contribution < -0.4 is 14.8 Å². The van der Waals surface area contributed by atoms with Crippen molar-refractivity contribution in [3.8, 4) is 11.5 Å². The maximum absolute atomic E-state index is 11.0. The summed E-state index contributed by atoms with van der Waals surface area (Å²) in [5, 5.41) is 13.8. The van der Waals surface area contributed by atoms with E-state index in [0.29, 0.717) is 46.3 Å². The summed E-state index contributed by atoms with van der Waals surface area (Å²) in [6, 6.07) is 15.7. The first-order chi connectivity index (χ1) is 15.4. The van der Waals surface area contributed by atoms with Crippen LogP contribution in [0.5, 0.6) is 11.5 Å². The van der Waals surface area contributed by atoms with E-state index in [1.54, 1.807) is 42.5 Å². The van der Waals surface area contributed by atoms with Gasteiger partial charge in [-0.05, 0) is 54.4 Å². The second-order valence-corrected chi connectivity index (χ2v) is 8.22. The lowest BCUT2D eigenvalue weighted by Gasteiger charge is -2.16. The summed E-state index contributed by atoms with van der Waals surface area (Å²) in [4.78, 5) is 11.0. The van der Waals surface area contributed by atoms with E-state index in [-0.39, 0.29) is 24.6 Å². The molecule has 0 aliphatic carbocycles. The Labute approximate surface area is 214 Å². The quantitative estimate of drug-likeness (QED) is 0.294. The highest BCUT2D eigenvalue weighted by Crippen LogP contribution is 2.37. The van der Waals surface area contributed by atoms with Gasteiger partial charge in [0.2, 0.25) is 0 Å². The molecular formula is C24H23Cl4NO4. The van der Waals surface area contributed by atoms with Gasteiger partial charge in [-0.1, -0.05) is 53.0 Å². The Bertz CT molecular complexity index is 1090. The molecule has 0 saturated heterocycles. The Balaban J connectivity index is 0.00000385. The van der Waals surface area contributed by atoms with Gasteiger partial charge in [0.25, 0.3) is 0 Å². The molecule has 0 saturated carbocycles. The monoisotopic (exact) mass is 529 g/mol. The van der Waals surface area contributed by atoms with Crippen LogP contribution in [0.4, 0.5) is 0 Å². The largest absolute Gasteiger partial charge is 0.490 e. The highest BCUT2D eigenvalue weighted by Gasteiger charge is 2.14. The maximum Gasteiger partial charge on any atom is 0.335 e. The van der Waals surface area contributed by atoms with Crippen molar-refractivity contribution in [3.63, 3.8) is 0 Å². The Kier molecular flexibility index (Phi) is 10.6. The summed E-state index contributed by atoms with van der Waals surface area (Å²) in [5.41, 5.74) is 2.95. The molecule has 0 heterocycles. The van der Waals surface area contributed by atoms with Gasteiger partial charge in [0.05, 0.1) is 17.2 Å². The molecule has 0 radical (unpaired) electrons. The molecule has 2 N–H and O–H groups in total. The third kappa shape index (κ3) is 7.70. The fourth-order valence-electron chi connectivity index (χ4n) is 3.03. The van der Waals surface area contributed by atoms with Crippen LogP contribution in [0, 0.1) is 0 Å². The van der Waals surface area contributed by atoms with Crippen molar-refractivity contribution >= 4 is 53.2 Å². The molecule has 0 atom stereocenters. The second kappa shape index (κ2) is 12.9. The molecule has 5 nitrogen and oxygen atoms in total. The van der Waals surface area contributed by atoms with Crippen LogP contribution in [0.25, 0.3) is 0 Å². The predicted octanol–water partition coefficient (Wildman–Crippen LogP) is 7.03. The molecule has 0 bridgehead atoms. The SMILES string of the molecule is CCOc1cc(CNCc2ccc(C(=O)O)cc2)cc(Cl)c1OCc1ccc(Cl)cc1Cl.Cl. The molecule has 3 rings (SSSR count). The molecule has 0 aliphatic heterocycles. The summed E-state index contributed by atoms with van der Waals surface area (Å²) < 4.78 is 11.7. The average molecular weight is 531 g/mol. The lowest BCUT2D eigenvalue weighted by Crippen LogP contribution is -2.13. The topological polar surface area (TPSA) is 67.8 Å². The number of carboxylic acids is 1. The van der Waals surface area contributed by atoms with Gasteiger partial charge in [0.1, 0.15) is 6.61 Å². The second-order valence-electron chi connectivity index (χ2n) is 6.97. The van der Waals surface area contributed by atoms with Gasteiger partial charge in [-0.15, -0.1) is 12.4 Å². The first kappa shape index (κ1) is 27.1. The molecule has 0 unspecified atom stereocenters. The number of nitrogens with one attached hydrogen (secondary N) is 1. The molecule has 0 amide bonds. The maximum atomic E-state index is 11.0. The number of benzene rings is 3. The fourth-order valence-corrected chi connectivity index (χ4v) is 3.78. The van der Waals surface area contributed by atoms with Crippen LogP contribution >= 0.6 is 47.2 Å². The van der Waals surface area contributed by atoms with Gasteiger partial charge in [0.15, 0.2) is 11.5 Å². The Morgan fingerprint density at radius 1 is 0.909 bits per heavy atom. The van der Waals surface area contributed by atoms with Crippen LogP contribution in [0.2, 0.25) is 15.1 Å². The van der Waals surface area contributed by atoms with Crippen molar-refractivity contribution in [2.45, 2.75) is 26.6 Å². The van der Waals surface area contributed by atoms with Crippen molar-refractivity contribution in [2.75, 3.05) is 6.61 Å². The lowest BCUT2D eigenvalue weighted by atomic mass is 10.1. The molecule has 3 aromatic carbocycles. The van der Waals surface area contributed by atoms with E-state index in [9.17, 15) is 4.79 Å². The molecule has 9 heteroatoms. The molecule has 0 fully saturated rings. The average Bonchev–Trinajstić information content (AvgIpc) is 2.75. The highest BCUT2D eigenvalue weighted by molar-refractivity contribution is 6.35. The normalized spacial score (nSPS) is 10.4. The first-order valence-electron chi connectivity index (χ1n) is 9.92. The number of carboxylic acid groups (broad SMARTS) is 1. The van der Waals surface area contributed by atoms with Crippen molar-refractivity contribution < 1.29 is 19.4 Å². The van der Waals surface area contributed by atoms with Gasteiger partial charge >= 0.3 is 5.97 Å². The van der Waals surface area contributed by atoms with Crippen LogP contribution in [0.15, 0.2) is 54.6 Å². The number of rotatable bonds is 10. The summed E-state index contributed by atoms with van der Waals surface area (Å²) in [5.74, 6) is 0.0588. The molecule has 0 aliphatic rings. The Morgan fingerprint density at radius 2 is 1.61 bits per heavy atom. The number of aromatic carboxylic acids is 1. The number of ether oxygens (including phenoxy) is 2. The molecule has 0 spiro atoms. The predicted molar refractivity (Wildman–Crippen MR) is 135 cm³/mol. The first-order valence-corrected chi connectivity index (χ1v) is 11.1. The van der Waals surface area contributed by atoms with Gasteiger partial charge in [0, 0.05) is 28.7 Å². The fraction of sp³-hybridized carbons (Fsp3) is 0.208. The van der Waals surface area contributed by atoms with Crippen molar-refractivity contribution in [1.29, 1.82) is 0 Å². The Hall–Kier alpha value is -2.15. The molecule has 3 aromatic rings. The van der Waals surface area contributed by atoms with E-state index in [0.717, 1.165) is 16.7 Å². The highest BCUT2D eigenvalue weighted by atomic mass is 35.5. The number of halogens is 4. The summed E-state index contributed by atoms with van der Waals surface area (Å²) in [6.07, 6.45) is 0. The zero-order valence-corrected chi connectivity index (χ0v) is 20.8. The minimum Gasteiger partial charge on any atom is -0.490 e. The third-order valence-corrected chi connectivity index (χ3v) is 5.48. The van der Waals surface area contributed by atoms with E-state index in [1.807, 2.05) is 19.1 Å². The molecule has 0 aromatic heterocycles. The van der Waals surface area contributed by atoms with Crippen LogP contribution in [-0.2, 0) is 19.7 Å². The minimum absolute atomic E-state index is 0. The standard InChI is InChI=1S/C24H22Cl3NO4.ClH/c1-2-31-22-10-16(13-28-12-15-3-5-17(6-4-15)24(29)30)9-21(27)23(22)32-14-18-7-8-19(25)11-20(18)26;/h3-11,28H,2,12-14H2,1H3,(H,29,30);1H. The number of carbonyl (C=O) groups is 1. The zero-order chi connectivity index (χ0) is 23.1. The van der Waals surface area contributed by atoms with Gasteiger partial charge < -0.3 is 19.9 Å². The van der Waals surface area contributed by atoms with E-state index in [4.69, 9.17) is 49.4 Å². The van der Waals surface area contributed by atoms with E-state index < -0.39 is 5.97 Å². The van der Waals surface area contributed by atoms with Gasteiger partial charge in [-0.2, -0.15) is 0 Å². The van der Waals surface area contributed by atoms with Gasteiger partial charge in [-0.3, -0.25) is 0 Å². The van der Waals surface area contributed by atoms with Gasteiger partial charge in [-0.25, -0.2) is 4.79 Å². The van der Waals surface area contributed by atoms with E-state index in [2.05, 4.69) is 5.32 Å². The summed E-state index contributed by atoms with van der Waals surface area (Å²) in [7, 11) is 0. The lowest BCUT2D eigenvalue weighted by molar-refractivity contribution is 0.0697.